The largest absolute Gasteiger partial charge is 2.00 e. The number of rotatable bonds is 14. The van der Waals surface area contributed by atoms with E-state index in [1.54, 1.807) is 0 Å². The molecule has 7 atom stereocenters. The van der Waals surface area contributed by atoms with Crippen LogP contribution in [-0.2, 0) is 38.2 Å². The summed E-state index contributed by atoms with van der Waals surface area (Å²) in [5.41, 5.74) is -2.85. The topological polar surface area (TPSA) is 329 Å². The van der Waals surface area contributed by atoms with Crippen LogP contribution in [0.15, 0.2) is 0 Å². The smallest absolute Gasteiger partial charge is 0.546 e. The molecule has 208 valence electrons. The second-order valence-electron chi connectivity index (χ2n) is 7.11. The predicted octanol–water partition coefficient (Wildman–Crippen LogP) is -7.93. The maximum Gasteiger partial charge on any atom is 2.00 e. The van der Waals surface area contributed by atoms with E-state index < -0.39 is 97.5 Å². The summed E-state index contributed by atoms with van der Waals surface area (Å²) >= 11 is 0. The van der Waals surface area contributed by atoms with Gasteiger partial charge in [-0.25, -0.2) is 9.59 Å². The summed E-state index contributed by atoms with van der Waals surface area (Å²) in [4.78, 5) is 63.8. The number of aliphatic hydroxyl groups excluding tert-OH is 5. The number of esters is 2. The maximum absolute atomic E-state index is 11.1. The molecule has 0 aromatic heterocycles. The number of aliphatic carboxylic acids is 4. The van der Waals surface area contributed by atoms with E-state index in [1.165, 1.54) is 0 Å². The van der Waals surface area contributed by atoms with Gasteiger partial charge in [0.05, 0.1) is 31.4 Å². The summed E-state index contributed by atoms with van der Waals surface area (Å²) in [5, 5.41) is 92.1. The molecule has 0 aromatic rings. The summed E-state index contributed by atoms with van der Waals surface area (Å²) in [6, 6.07) is 0. The maximum atomic E-state index is 11.1. The number of aliphatic hydroxyl groups is 6. The third-order valence-electron chi connectivity index (χ3n) is 4.04. The van der Waals surface area contributed by atoms with Gasteiger partial charge in [0.25, 0.3) is 0 Å². The van der Waals surface area contributed by atoms with Crippen molar-refractivity contribution in [2.45, 2.75) is 68.9 Å². The van der Waals surface area contributed by atoms with Crippen molar-refractivity contribution in [2.75, 3.05) is 6.61 Å². The Morgan fingerprint density at radius 2 is 1.24 bits per heavy atom. The van der Waals surface area contributed by atoms with E-state index in [1.807, 2.05) is 0 Å². The summed E-state index contributed by atoms with van der Waals surface area (Å²) in [6.07, 6.45) is -13.9. The molecule has 3 unspecified atom stereocenters. The van der Waals surface area contributed by atoms with Gasteiger partial charge in [0.1, 0.15) is 30.5 Å². The Morgan fingerprint density at radius 3 is 1.59 bits per heavy atom. The van der Waals surface area contributed by atoms with Crippen LogP contribution in [0.5, 0.6) is 0 Å². The van der Waals surface area contributed by atoms with Crippen LogP contribution in [0.3, 0.4) is 0 Å². The molecule has 0 fully saturated rings. The quantitative estimate of drug-likeness (QED) is 0.0709. The average molecular weight is 570 g/mol. The van der Waals surface area contributed by atoms with E-state index in [-0.39, 0.29) is 37.7 Å². The van der Waals surface area contributed by atoms with Gasteiger partial charge in [0.2, 0.25) is 0 Å². The Balaban J connectivity index is -0.000000608. The Bertz CT molecular complexity index is 802. The molecule has 0 heterocycles. The van der Waals surface area contributed by atoms with E-state index in [0.717, 1.165) is 13.8 Å². The van der Waals surface area contributed by atoms with Crippen LogP contribution in [-0.4, -0.2) is 163 Å². The summed E-state index contributed by atoms with van der Waals surface area (Å²) in [6.45, 7) is 1.02. The first-order chi connectivity index (χ1) is 16.3. The number of carboxylic acids is 4. The Kier molecular flexibility index (Phi) is 19.3. The van der Waals surface area contributed by atoms with Crippen LogP contribution in [0, 0.1) is 0 Å². The van der Waals surface area contributed by atoms with Gasteiger partial charge in [-0.3, -0.25) is 9.59 Å². The first kappa shape index (κ1) is 39.4. The number of carbonyl (C=O) groups excluding carboxylic acids is 4. The number of hydrogen-bond donors (Lipinski definition) is 8. The fraction of sp³-hybridized carbons (Fsp3) is 0.667. The van der Waals surface area contributed by atoms with Crippen LogP contribution >= 0.6 is 0 Å². The molecule has 37 heavy (non-hydrogen) atoms. The van der Waals surface area contributed by atoms with Crippen LogP contribution in [0.1, 0.15) is 26.7 Å². The van der Waals surface area contributed by atoms with Crippen molar-refractivity contribution < 1.29 is 89.3 Å². The van der Waals surface area contributed by atoms with Crippen molar-refractivity contribution in [1.82, 2.24) is 0 Å². The van der Waals surface area contributed by atoms with Gasteiger partial charge in [-0.15, -0.1) is 0 Å². The fourth-order valence-electron chi connectivity index (χ4n) is 1.94. The summed E-state index contributed by atoms with van der Waals surface area (Å²) in [5.74, 6) is -9.86. The zero-order chi connectivity index (χ0) is 29.0. The molecule has 0 aliphatic heterocycles. The van der Waals surface area contributed by atoms with Crippen molar-refractivity contribution in [2.24, 2.45) is 0 Å². The molecule has 19 heteroatoms. The Morgan fingerprint density at radius 1 is 0.811 bits per heavy atom. The van der Waals surface area contributed by atoms with Gasteiger partial charge in [0.15, 0.2) is 11.7 Å². The third-order valence-corrected chi connectivity index (χ3v) is 4.04. The molecular formula is C18H26CaO18. The molecule has 0 saturated carbocycles. The first-order valence-electron chi connectivity index (χ1n) is 9.63. The van der Waals surface area contributed by atoms with Crippen LogP contribution in [0.25, 0.3) is 0 Å². The summed E-state index contributed by atoms with van der Waals surface area (Å²) < 4.78 is 8.41. The SMILES string of the molecule is CC(OC(=O)CC(O)(CC(=O)O)C(=O)O)C(=O)[O-].CC(OC(=O)[C@H](O)[C@@H](O)[C@H](O)[C@H](O)CO)C(=O)[O-].[Ca+2]. The van der Waals surface area contributed by atoms with Gasteiger partial charge in [-0.05, 0) is 13.8 Å². The standard InChI is InChI=1S/C9H12O9.C9H16O9.Ca/c1-4(7(13)14)18-6(12)3-9(17,8(15)16)2-5(10)11;1-3(8(15)16)18-9(17)7(14)6(13)5(12)4(11)2-10;/h4,17H,2-3H2,1H3,(H,10,11)(H,13,14)(H,15,16);3-7,10-14H,2H2,1H3,(H,15,16);/q;;+2/p-2/t;3?,4-,5-,6+,7-;/m.1./s1. The minimum atomic E-state index is -2.85. The normalized spacial score (nSPS) is 16.9. The zero-order valence-electron chi connectivity index (χ0n) is 19.5. The van der Waals surface area contributed by atoms with Crippen LogP contribution < -0.4 is 10.2 Å². The second-order valence-corrected chi connectivity index (χ2v) is 7.11. The Labute approximate surface area is 237 Å². The monoisotopic (exact) mass is 570 g/mol. The molecule has 0 aliphatic carbocycles. The first-order valence-corrected chi connectivity index (χ1v) is 9.63. The zero-order valence-corrected chi connectivity index (χ0v) is 21.7. The molecule has 0 rings (SSSR count). The number of carboxylic acid groups (broad SMARTS) is 4. The van der Waals surface area contributed by atoms with Crippen molar-refractivity contribution >= 4 is 73.6 Å². The fourth-order valence-corrected chi connectivity index (χ4v) is 1.94. The van der Waals surface area contributed by atoms with Gasteiger partial charge >= 0.3 is 61.6 Å². The van der Waals surface area contributed by atoms with Crippen LogP contribution in [0.4, 0.5) is 0 Å². The molecule has 0 bridgehead atoms. The molecule has 0 saturated heterocycles. The van der Waals surface area contributed by atoms with E-state index in [4.69, 9.17) is 20.4 Å². The minimum absolute atomic E-state index is 0. The molecule has 8 N–H and O–H groups in total. The van der Waals surface area contributed by atoms with Gasteiger partial charge < -0.3 is 70.1 Å². The molecule has 18 nitrogen and oxygen atoms in total. The molecule has 0 amide bonds. The van der Waals surface area contributed by atoms with Crippen molar-refractivity contribution in [1.29, 1.82) is 0 Å². The molecule has 0 radical (unpaired) electrons. The van der Waals surface area contributed by atoms with Crippen molar-refractivity contribution in [3.8, 4) is 0 Å². The third kappa shape index (κ3) is 15.0. The van der Waals surface area contributed by atoms with Gasteiger partial charge in [0, 0.05) is 0 Å². The van der Waals surface area contributed by atoms with Crippen molar-refractivity contribution in [3.05, 3.63) is 0 Å². The van der Waals surface area contributed by atoms with E-state index in [2.05, 4.69) is 9.47 Å². The minimum Gasteiger partial charge on any atom is -0.546 e. The van der Waals surface area contributed by atoms with Crippen molar-refractivity contribution in [3.63, 3.8) is 0 Å². The van der Waals surface area contributed by atoms with Gasteiger partial charge in [-0.1, -0.05) is 0 Å². The number of hydrogen-bond acceptors (Lipinski definition) is 16. The molecular weight excluding hydrogens is 544 g/mol. The number of ether oxygens (including phenoxy) is 2. The van der Waals surface area contributed by atoms with E-state index in [9.17, 15) is 59.4 Å². The second kappa shape index (κ2) is 18.2. The Hall–Kier alpha value is -2.16. The molecule has 0 aliphatic rings. The molecule has 0 aromatic carbocycles. The van der Waals surface area contributed by atoms with Crippen LogP contribution in [0.2, 0.25) is 0 Å². The summed E-state index contributed by atoms with van der Waals surface area (Å²) in [7, 11) is 0. The predicted molar refractivity (Wildman–Crippen MR) is 107 cm³/mol. The van der Waals surface area contributed by atoms with E-state index in [0.29, 0.717) is 0 Å². The van der Waals surface area contributed by atoms with E-state index >= 15 is 0 Å². The van der Waals surface area contributed by atoms with Gasteiger partial charge in [-0.2, -0.15) is 0 Å². The molecule has 0 spiro atoms. The number of carbonyl (C=O) groups is 6. The average Bonchev–Trinajstić information content (AvgIpc) is 2.76.